The summed E-state index contributed by atoms with van der Waals surface area (Å²) >= 11 is 0. The Bertz CT molecular complexity index is 430. The molecule has 1 saturated carbocycles. The van der Waals surface area contributed by atoms with E-state index in [0.717, 1.165) is 25.7 Å². The number of nitrogens with one attached hydrogen (secondary N) is 1. The van der Waals surface area contributed by atoms with Gasteiger partial charge in [0.25, 0.3) is 0 Å². The monoisotopic (exact) mass is 251 g/mol. The number of nitrogens with zero attached hydrogens (tertiary/aromatic N) is 2. The summed E-state index contributed by atoms with van der Waals surface area (Å²) in [6, 6.07) is 1.68. The molecule has 1 aliphatic rings. The van der Waals surface area contributed by atoms with Gasteiger partial charge in [-0.2, -0.15) is 0 Å². The molecule has 1 fully saturated rings. The van der Waals surface area contributed by atoms with E-state index in [-0.39, 0.29) is 18.0 Å². The van der Waals surface area contributed by atoms with Crippen molar-refractivity contribution in [1.82, 2.24) is 9.97 Å². The van der Waals surface area contributed by atoms with Crippen LogP contribution >= 0.6 is 0 Å². The lowest BCUT2D eigenvalue weighted by Crippen LogP contribution is -2.39. The molecule has 0 radical (unpaired) electrons. The Balaban J connectivity index is 2.16. The molecule has 6 nitrogen and oxygen atoms in total. The van der Waals surface area contributed by atoms with Crippen molar-refractivity contribution in [2.75, 3.05) is 19.0 Å². The molecule has 98 valence electrons. The maximum Gasteiger partial charge on any atom is 0.376 e. The molecule has 0 amide bonds. The van der Waals surface area contributed by atoms with Gasteiger partial charge in [-0.05, 0) is 18.9 Å². The topological polar surface area (TPSA) is 84.3 Å². The minimum atomic E-state index is -0.567. The summed E-state index contributed by atoms with van der Waals surface area (Å²) in [5, 5.41) is 12.7. The Hall–Kier alpha value is -1.69. The lowest BCUT2D eigenvalue weighted by molar-refractivity contribution is 0.0587. The van der Waals surface area contributed by atoms with Crippen LogP contribution in [0.2, 0.25) is 0 Å². The highest BCUT2D eigenvalue weighted by atomic mass is 16.5. The van der Waals surface area contributed by atoms with Crippen LogP contribution in [0.25, 0.3) is 0 Å². The van der Waals surface area contributed by atoms with E-state index in [4.69, 9.17) is 0 Å². The van der Waals surface area contributed by atoms with E-state index in [2.05, 4.69) is 20.0 Å². The van der Waals surface area contributed by atoms with Crippen LogP contribution in [0.15, 0.2) is 12.3 Å². The maximum absolute atomic E-state index is 11.3. The zero-order chi connectivity index (χ0) is 13.0. The number of aromatic nitrogens is 2. The number of carbonyl (C=O) groups excluding carboxylic acids is 1. The molecule has 0 atom stereocenters. The lowest BCUT2D eigenvalue weighted by atomic mass is 9.99. The third-order valence-electron chi connectivity index (χ3n) is 3.28. The van der Waals surface area contributed by atoms with Crippen molar-refractivity contribution in [2.45, 2.75) is 31.2 Å². The van der Waals surface area contributed by atoms with Gasteiger partial charge in [0.05, 0.1) is 19.3 Å². The highest BCUT2D eigenvalue weighted by Gasteiger charge is 2.33. The van der Waals surface area contributed by atoms with E-state index in [9.17, 15) is 9.90 Å². The van der Waals surface area contributed by atoms with Crippen LogP contribution in [0.1, 0.15) is 36.3 Å². The van der Waals surface area contributed by atoms with E-state index >= 15 is 0 Å². The van der Waals surface area contributed by atoms with Crippen molar-refractivity contribution in [3.8, 4) is 0 Å². The van der Waals surface area contributed by atoms with Gasteiger partial charge in [-0.15, -0.1) is 0 Å². The highest BCUT2D eigenvalue weighted by molar-refractivity contribution is 5.85. The summed E-state index contributed by atoms with van der Waals surface area (Å²) in [6.45, 7) is 0.0601. The highest BCUT2D eigenvalue weighted by Crippen LogP contribution is 2.32. The number of esters is 1. The molecule has 1 aliphatic carbocycles. The van der Waals surface area contributed by atoms with Gasteiger partial charge in [0.15, 0.2) is 0 Å². The second kappa shape index (κ2) is 5.30. The van der Waals surface area contributed by atoms with Crippen LogP contribution in [0, 0.1) is 0 Å². The van der Waals surface area contributed by atoms with Gasteiger partial charge in [0, 0.05) is 6.20 Å². The Morgan fingerprint density at radius 1 is 1.56 bits per heavy atom. The van der Waals surface area contributed by atoms with Crippen molar-refractivity contribution in [3.05, 3.63) is 18.1 Å². The number of anilines is 1. The summed E-state index contributed by atoms with van der Waals surface area (Å²) < 4.78 is 4.57. The minimum Gasteiger partial charge on any atom is -0.463 e. The molecule has 18 heavy (non-hydrogen) atoms. The number of hydrogen-bond donors (Lipinski definition) is 2. The summed E-state index contributed by atoms with van der Waals surface area (Å²) in [4.78, 5) is 19.3. The number of hydrogen-bond acceptors (Lipinski definition) is 6. The van der Waals surface area contributed by atoms with E-state index < -0.39 is 5.97 Å². The van der Waals surface area contributed by atoms with Crippen LogP contribution < -0.4 is 5.32 Å². The van der Waals surface area contributed by atoms with Gasteiger partial charge in [-0.3, -0.25) is 0 Å². The van der Waals surface area contributed by atoms with Gasteiger partial charge in [0.1, 0.15) is 5.82 Å². The Labute approximate surface area is 105 Å². The molecule has 1 aromatic rings. The third-order valence-corrected chi connectivity index (χ3v) is 3.28. The van der Waals surface area contributed by atoms with Crippen LogP contribution in [-0.2, 0) is 4.74 Å². The van der Waals surface area contributed by atoms with Crippen molar-refractivity contribution < 1.29 is 14.6 Å². The van der Waals surface area contributed by atoms with E-state index in [1.54, 1.807) is 6.07 Å². The van der Waals surface area contributed by atoms with E-state index in [0.29, 0.717) is 5.82 Å². The molecule has 0 unspecified atom stereocenters. The predicted octanol–water partition coefficient (Wildman–Crippen LogP) is 0.980. The molecule has 2 rings (SSSR count). The number of aliphatic hydroxyl groups excluding tert-OH is 1. The van der Waals surface area contributed by atoms with Gasteiger partial charge in [-0.25, -0.2) is 14.8 Å². The maximum atomic E-state index is 11.3. The standard InChI is InChI=1S/C12H17N3O3/c1-18-11(17)10-13-7-4-9(14-10)15-12(8-16)5-2-3-6-12/h4,7,16H,2-3,5-6,8H2,1H3,(H,13,14,15). The van der Waals surface area contributed by atoms with E-state index in [1.807, 2.05) is 0 Å². The van der Waals surface area contributed by atoms with Crippen LogP contribution in [0.3, 0.4) is 0 Å². The summed E-state index contributed by atoms with van der Waals surface area (Å²) in [7, 11) is 1.29. The molecule has 0 aliphatic heterocycles. The second-order valence-corrected chi connectivity index (χ2v) is 4.53. The van der Waals surface area contributed by atoms with Gasteiger partial charge in [0.2, 0.25) is 5.82 Å². The van der Waals surface area contributed by atoms with Crippen molar-refractivity contribution in [1.29, 1.82) is 0 Å². The molecule has 0 spiro atoms. The average molecular weight is 251 g/mol. The zero-order valence-electron chi connectivity index (χ0n) is 10.3. The second-order valence-electron chi connectivity index (χ2n) is 4.53. The summed E-state index contributed by atoms with van der Waals surface area (Å²) in [6.07, 6.45) is 5.48. The molecule has 0 bridgehead atoms. The zero-order valence-corrected chi connectivity index (χ0v) is 10.3. The van der Waals surface area contributed by atoms with Crippen LogP contribution in [0.4, 0.5) is 5.82 Å². The van der Waals surface area contributed by atoms with Crippen molar-refractivity contribution >= 4 is 11.8 Å². The fourth-order valence-corrected chi connectivity index (χ4v) is 2.26. The van der Waals surface area contributed by atoms with Gasteiger partial charge >= 0.3 is 5.97 Å². The molecule has 1 aromatic heterocycles. The molecule has 2 N–H and O–H groups in total. The third kappa shape index (κ3) is 2.59. The molecule has 1 heterocycles. The predicted molar refractivity (Wildman–Crippen MR) is 65.3 cm³/mol. The smallest absolute Gasteiger partial charge is 0.376 e. The number of ether oxygens (including phenoxy) is 1. The van der Waals surface area contributed by atoms with Gasteiger partial charge < -0.3 is 15.2 Å². The van der Waals surface area contributed by atoms with Crippen molar-refractivity contribution in [3.63, 3.8) is 0 Å². The molecule has 0 aromatic carbocycles. The fourth-order valence-electron chi connectivity index (χ4n) is 2.26. The SMILES string of the molecule is COC(=O)c1nccc(NC2(CO)CCCC2)n1. The lowest BCUT2D eigenvalue weighted by Gasteiger charge is -2.28. The Morgan fingerprint density at radius 2 is 2.28 bits per heavy atom. The number of aliphatic hydroxyl groups is 1. The number of rotatable bonds is 4. The Morgan fingerprint density at radius 3 is 2.89 bits per heavy atom. The average Bonchev–Trinajstić information content (AvgIpc) is 2.87. The first kappa shape index (κ1) is 12.8. The van der Waals surface area contributed by atoms with Crippen molar-refractivity contribution in [2.24, 2.45) is 0 Å². The molecule has 6 heteroatoms. The largest absolute Gasteiger partial charge is 0.463 e. The normalized spacial score (nSPS) is 17.4. The van der Waals surface area contributed by atoms with Crippen LogP contribution in [0.5, 0.6) is 0 Å². The van der Waals surface area contributed by atoms with E-state index in [1.165, 1.54) is 13.3 Å². The molecular weight excluding hydrogens is 234 g/mol. The minimum absolute atomic E-state index is 0.0218. The van der Waals surface area contributed by atoms with Gasteiger partial charge in [-0.1, -0.05) is 12.8 Å². The molecular formula is C12H17N3O3. The summed E-state index contributed by atoms with van der Waals surface area (Å²) in [5.41, 5.74) is -0.318. The first-order valence-corrected chi connectivity index (χ1v) is 5.99. The first-order valence-electron chi connectivity index (χ1n) is 5.99. The number of carbonyl (C=O) groups is 1. The first-order chi connectivity index (χ1) is 8.69. The Kier molecular flexibility index (Phi) is 3.76. The summed E-state index contributed by atoms with van der Waals surface area (Å²) in [5.74, 6) is -0.00180. The fraction of sp³-hybridized carbons (Fsp3) is 0.583. The van der Waals surface area contributed by atoms with Crippen LogP contribution in [-0.4, -0.2) is 40.3 Å². The number of methoxy groups -OCH3 is 1. The quantitative estimate of drug-likeness (QED) is 0.776. The molecule has 0 saturated heterocycles.